The Morgan fingerprint density at radius 3 is 2.71 bits per heavy atom. The molecule has 142 valence electrons. The lowest BCUT2D eigenvalue weighted by molar-refractivity contribution is -0.121. The molecule has 28 heavy (non-hydrogen) atoms. The number of carbonyl (C=O) groups excluding carboxylic acids is 1. The molecule has 0 aliphatic carbocycles. The summed E-state index contributed by atoms with van der Waals surface area (Å²) >= 11 is 1.24. The number of hydrogen-bond acceptors (Lipinski definition) is 5. The normalized spacial score (nSPS) is 16.6. The lowest BCUT2D eigenvalue weighted by Gasteiger charge is -2.07. The second-order valence-corrected chi connectivity index (χ2v) is 6.90. The summed E-state index contributed by atoms with van der Waals surface area (Å²) < 4.78 is 5.45. The minimum Gasteiger partial charge on any atom is -0.490 e. The highest BCUT2D eigenvalue weighted by atomic mass is 32.2. The zero-order valence-electron chi connectivity index (χ0n) is 15.2. The Bertz CT molecular complexity index is 980. The van der Waals surface area contributed by atoms with Gasteiger partial charge in [0.2, 0.25) is 0 Å². The van der Waals surface area contributed by atoms with Gasteiger partial charge in [0.15, 0.2) is 5.17 Å². The van der Waals surface area contributed by atoms with Gasteiger partial charge in [-0.2, -0.15) is 0 Å². The first-order valence-corrected chi connectivity index (χ1v) is 9.23. The average molecular weight is 394 g/mol. The van der Waals surface area contributed by atoms with Gasteiger partial charge >= 0.3 is 5.97 Å². The van der Waals surface area contributed by atoms with Crippen molar-refractivity contribution in [2.24, 2.45) is 4.99 Å². The molecule has 0 aromatic heterocycles. The van der Waals surface area contributed by atoms with E-state index in [0.717, 1.165) is 11.3 Å². The zero-order chi connectivity index (χ0) is 20.1. The lowest BCUT2D eigenvalue weighted by atomic mass is 10.2. The summed E-state index contributed by atoms with van der Waals surface area (Å²) in [7, 11) is 1.64. The Morgan fingerprint density at radius 2 is 2.04 bits per heavy atom. The molecule has 0 spiro atoms. The summed E-state index contributed by atoms with van der Waals surface area (Å²) in [6.45, 7) is 4.04. The number of carboxylic acid groups (broad SMARTS) is 1. The number of amides is 1. The maximum atomic E-state index is 12.5. The van der Waals surface area contributed by atoms with Gasteiger partial charge in [0.25, 0.3) is 5.91 Å². The fraction of sp³-hybridized carbons (Fsp3) is 0.0952. The van der Waals surface area contributed by atoms with E-state index in [4.69, 9.17) is 9.84 Å². The predicted molar refractivity (Wildman–Crippen MR) is 111 cm³/mol. The second kappa shape index (κ2) is 8.58. The van der Waals surface area contributed by atoms with Gasteiger partial charge in [-0.15, -0.1) is 0 Å². The fourth-order valence-electron chi connectivity index (χ4n) is 2.44. The smallest absolute Gasteiger partial charge is 0.335 e. The Hall–Kier alpha value is -3.32. The second-order valence-electron chi connectivity index (χ2n) is 5.89. The quantitative estimate of drug-likeness (QED) is 0.587. The molecule has 7 heteroatoms. The van der Waals surface area contributed by atoms with Gasteiger partial charge in [-0.25, -0.2) is 9.79 Å². The van der Waals surface area contributed by atoms with E-state index in [-0.39, 0.29) is 11.5 Å². The number of carboxylic acids is 1. The molecule has 1 aliphatic rings. The Kier molecular flexibility index (Phi) is 5.96. The van der Waals surface area contributed by atoms with Crippen LogP contribution < -0.4 is 4.74 Å². The standard InChI is InChI=1S/C21H18N2O4S/c1-3-11-27-17-9-7-14(8-10-17)12-18-19(24)23(2)21(28-18)22-16-6-4-5-15(13-16)20(25)26/h3-10,12-13H,1,11H2,2H3,(H,25,26). The van der Waals surface area contributed by atoms with Crippen LogP contribution in [0.25, 0.3) is 6.08 Å². The molecule has 3 rings (SSSR count). The molecule has 1 aliphatic heterocycles. The van der Waals surface area contributed by atoms with Crippen molar-refractivity contribution in [2.75, 3.05) is 13.7 Å². The van der Waals surface area contributed by atoms with Crippen LogP contribution in [-0.2, 0) is 4.79 Å². The predicted octanol–water partition coefficient (Wildman–Crippen LogP) is 4.18. The molecular formula is C21H18N2O4S. The first-order chi connectivity index (χ1) is 13.5. The summed E-state index contributed by atoms with van der Waals surface area (Å²) in [6.07, 6.45) is 3.46. The van der Waals surface area contributed by atoms with Crippen molar-refractivity contribution in [3.63, 3.8) is 0 Å². The van der Waals surface area contributed by atoms with E-state index in [2.05, 4.69) is 11.6 Å². The zero-order valence-corrected chi connectivity index (χ0v) is 16.0. The van der Waals surface area contributed by atoms with Crippen LogP contribution in [0.1, 0.15) is 15.9 Å². The van der Waals surface area contributed by atoms with Crippen LogP contribution in [0.15, 0.2) is 71.1 Å². The summed E-state index contributed by atoms with van der Waals surface area (Å²) in [5.41, 5.74) is 1.49. The van der Waals surface area contributed by atoms with Crippen molar-refractivity contribution in [1.82, 2.24) is 4.90 Å². The number of benzene rings is 2. The van der Waals surface area contributed by atoms with Gasteiger partial charge < -0.3 is 9.84 Å². The van der Waals surface area contributed by atoms with Gasteiger partial charge in [0.05, 0.1) is 16.2 Å². The van der Waals surface area contributed by atoms with Crippen LogP contribution >= 0.6 is 11.8 Å². The minimum absolute atomic E-state index is 0.147. The highest BCUT2D eigenvalue weighted by molar-refractivity contribution is 8.18. The number of ether oxygens (including phenoxy) is 1. The number of aromatic carboxylic acids is 1. The summed E-state index contributed by atoms with van der Waals surface area (Å²) in [5.74, 6) is -0.457. The third-order valence-electron chi connectivity index (χ3n) is 3.87. The van der Waals surface area contributed by atoms with E-state index in [1.165, 1.54) is 28.8 Å². The van der Waals surface area contributed by atoms with Crippen LogP contribution in [-0.4, -0.2) is 40.7 Å². The first kappa shape index (κ1) is 19.4. The van der Waals surface area contributed by atoms with Gasteiger partial charge in [-0.05, 0) is 53.7 Å². The molecule has 1 amide bonds. The van der Waals surface area contributed by atoms with Crippen LogP contribution in [0, 0.1) is 0 Å². The summed E-state index contributed by atoms with van der Waals surface area (Å²) in [5, 5.41) is 9.59. The molecule has 0 saturated carbocycles. The fourth-order valence-corrected chi connectivity index (χ4v) is 3.42. The van der Waals surface area contributed by atoms with Crippen molar-refractivity contribution in [3.8, 4) is 5.75 Å². The van der Waals surface area contributed by atoms with Crippen LogP contribution in [0.2, 0.25) is 0 Å². The summed E-state index contributed by atoms with van der Waals surface area (Å²) in [6, 6.07) is 13.7. The molecule has 6 nitrogen and oxygen atoms in total. The van der Waals surface area contributed by atoms with Crippen LogP contribution in [0.5, 0.6) is 5.75 Å². The van der Waals surface area contributed by atoms with E-state index < -0.39 is 5.97 Å². The number of likely N-dealkylation sites (N-methyl/N-ethyl adjacent to an activating group) is 1. The van der Waals surface area contributed by atoms with Crippen molar-refractivity contribution < 1.29 is 19.4 Å². The maximum absolute atomic E-state index is 12.5. The number of amidine groups is 1. The van der Waals surface area contributed by atoms with E-state index in [1.54, 1.807) is 31.3 Å². The maximum Gasteiger partial charge on any atom is 0.335 e. The number of rotatable bonds is 6. The average Bonchev–Trinajstić information content (AvgIpc) is 2.95. The molecule has 1 fully saturated rings. The molecule has 0 atom stereocenters. The minimum atomic E-state index is -1.02. The van der Waals surface area contributed by atoms with Gasteiger partial charge in [0.1, 0.15) is 12.4 Å². The molecular weight excluding hydrogens is 376 g/mol. The van der Waals surface area contributed by atoms with Gasteiger partial charge in [-0.1, -0.05) is 30.9 Å². The monoisotopic (exact) mass is 394 g/mol. The van der Waals surface area contributed by atoms with Gasteiger partial charge in [0, 0.05) is 7.05 Å². The van der Waals surface area contributed by atoms with Crippen molar-refractivity contribution in [2.45, 2.75) is 0 Å². The molecule has 2 aromatic rings. The Balaban J connectivity index is 1.81. The highest BCUT2D eigenvalue weighted by Gasteiger charge is 2.30. The van der Waals surface area contributed by atoms with E-state index in [9.17, 15) is 9.59 Å². The molecule has 0 bridgehead atoms. The number of hydrogen-bond donors (Lipinski definition) is 1. The number of aliphatic imine (C=N–C) groups is 1. The Labute approximate surface area is 166 Å². The topological polar surface area (TPSA) is 79.2 Å². The molecule has 1 N–H and O–H groups in total. The molecule has 0 unspecified atom stereocenters. The molecule has 0 radical (unpaired) electrons. The summed E-state index contributed by atoms with van der Waals surface area (Å²) in [4.78, 5) is 30.0. The van der Waals surface area contributed by atoms with E-state index in [0.29, 0.717) is 22.4 Å². The number of thioether (sulfide) groups is 1. The molecule has 1 heterocycles. The number of nitrogens with zero attached hydrogens (tertiary/aromatic N) is 2. The van der Waals surface area contributed by atoms with Crippen molar-refractivity contribution >= 4 is 40.6 Å². The van der Waals surface area contributed by atoms with E-state index >= 15 is 0 Å². The molecule has 1 saturated heterocycles. The first-order valence-electron chi connectivity index (χ1n) is 8.41. The third-order valence-corrected chi connectivity index (χ3v) is 4.93. The van der Waals surface area contributed by atoms with Crippen molar-refractivity contribution in [3.05, 3.63) is 77.2 Å². The highest BCUT2D eigenvalue weighted by Crippen LogP contribution is 2.33. The molecule has 2 aromatic carbocycles. The third kappa shape index (κ3) is 4.50. The largest absolute Gasteiger partial charge is 0.490 e. The SMILES string of the molecule is C=CCOc1ccc(C=C2SC(=Nc3cccc(C(=O)O)c3)N(C)C2=O)cc1. The Morgan fingerprint density at radius 1 is 1.29 bits per heavy atom. The van der Waals surface area contributed by atoms with Gasteiger partial charge in [-0.3, -0.25) is 9.69 Å². The van der Waals surface area contributed by atoms with Crippen LogP contribution in [0.3, 0.4) is 0 Å². The van der Waals surface area contributed by atoms with E-state index in [1.807, 2.05) is 24.3 Å². The lowest BCUT2D eigenvalue weighted by Crippen LogP contribution is -2.23. The van der Waals surface area contributed by atoms with Crippen molar-refractivity contribution in [1.29, 1.82) is 0 Å². The number of carbonyl (C=O) groups is 2. The van der Waals surface area contributed by atoms with Crippen LogP contribution in [0.4, 0.5) is 5.69 Å².